The van der Waals surface area contributed by atoms with E-state index in [9.17, 15) is 5.11 Å². The summed E-state index contributed by atoms with van der Waals surface area (Å²) in [6.07, 6.45) is -14.1. The maximum absolute atomic E-state index is 9.39. The van der Waals surface area contributed by atoms with E-state index in [2.05, 4.69) is 0 Å². The molecule has 62 valence electrons. The molecule has 2 atom stereocenters. The van der Waals surface area contributed by atoms with Crippen LogP contribution in [0.1, 0.15) is 44.8 Å². The maximum atomic E-state index is 9.39. The third-order valence-corrected chi connectivity index (χ3v) is 1.35. The van der Waals surface area contributed by atoms with Gasteiger partial charge in [-0.1, -0.05) is 26.0 Å². The zero-order chi connectivity index (χ0) is 16.4. The minimum atomic E-state index is -3.11. The molecule has 0 saturated heterocycles. The van der Waals surface area contributed by atoms with Crippen molar-refractivity contribution in [2.24, 2.45) is 11.8 Å². The number of hydrogen-bond donors (Lipinski definition) is 1. The molecule has 0 aromatic rings. The van der Waals surface area contributed by atoms with Crippen LogP contribution < -0.4 is 0 Å². The van der Waals surface area contributed by atoms with Gasteiger partial charge in [0.1, 0.15) is 6.10 Å². The summed E-state index contributed by atoms with van der Waals surface area (Å²) in [6, 6.07) is 1.36. The monoisotopic (exact) mass is 162 g/mol. The fourth-order valence-electron chi connectivity index (χ4n) is 0.616. The van der Waals surface area contributed by atoms with Crippen molar-refractivity contribution >= 4 is 0 Å². The largest absolute Gasteiger partial charge is 0.378 e. The SMILES string of the molecule is [2H]C([2H])(C(C)C(O)C#N)C1([2H])C([2H])([2H])C([2H])([2H])C1([2H])[2H]. The Morgan fingerprint density at radius 3 is 3.18 bits per heavy atom. The molecular weight excluding hydrogens is 138 g/mol. The van der Waals surface area contributed by atoms with E-state index < -0.39 is 43.4 Å². The molecule has 2 nitrogen and oxygen atoms in total. The Hall–Kier alpha value is -0.550. The Morgan fingerprint density at radius 1 is 2.00 bits per heavy atom. The lowest BCUT2D eigenvalue weighted by Crippen LogP contribution is -2.22. The van der Waals surface area contributed by atoms with E-state index in [-0.39, 0.29) is 0 Å². The topological polar surface area (TPSA) is 44.0 Å². The predicted molar refractivity (Wildman–Crippen MR) is 42.7 cm³/mol. The summed E-state index contributed by atoms with van der Waals surface area (Å²) in [6.45, 7) is 1.06. The lowest BCUT2D eigenvalue weighted by molar-refractivity contribution is 0.133. The van der Waals surface area contributed by atoms with Crippen LogP contribution in [0, 0.1) is 23.1 Å². The molecule has 0 aromatic carbocycles. The molecule has 0 heterocycles. The van der Waals surface area contributed by atoms with E-state index in [1.165, 1.54) is 6.07 Å². The third kappa shape index (κ3) is 2.20. The Labute approximate surface area is 80.5 Å². The van der Waals surface area contributed by atoms with Crippen molar-refractivity contribution in [2.45, 2.75) is 38.5 Å². The molecule has 0 bridgehead atoms. The van der Waals surface area contributed by atoms with Gasteiger partial charge in [-0.3, -0.25) is 0 Å². The van der Waals surface area contributed by atoms with E-state index in [1.54, 1.807) is 0 Å². The number of nitrogens with zero attached hydrogens (tertiary/aromatic N) is 1. The number of nitriles is 1. The van der Waals surface area contributed by atoms with Crippen LogP contribution in [0.5, 0.6) is 0 Å². The van der Waals surface area contributed by atoms with Gasteiger partial charge in [0.2, 0.25) is 0 Å². The Bertz CT molecular complexity index is 437. The van der Waals surface area contributed by atoms with E-state index in [0.717, 1.165) is 6.92 Å². The minimum Gasteiger partial charge on any atom is -0.378 e. The standard InChI is InChI=1S/C9H15NO/c1-7(9(11)6-10)5-8-3-2-4-8/h7-9,11H,2-5H2,1H3/i2D2,3D2,4D2,5D2,8D. The first-order chi connectivity index (χ1) is 8.64. The normalized spacial score (nSPS) is 53.4. The van der Waals surface area contributed by atoms with Gasteiger partial charge in [-0.15, -0.1) is 0 Å². The van der Waals surface area contributed by atoms with Crippen molar-refractivity contribution < 1.29 is 17.4 Å². The van der Waals surface area contributed by atoms with Crippen molar-refractivity contribution in [1.29, 1.82) is 5.26 Å². The molecule has 2 unspecified atom stereocenters. The predicted octanol–water partition coefficient (Wildman–Crippen LogP) is 1.70. The Kier molecular flexibility index (Phi) is 0.836. The third-order valence-electron chi connectivity index (χ3n) is 1.35. The highest BCUT2D eigenvalue weighted by Crippen LogP contribution is 2.32. The van der Waals surface area contributed by atoms with Gasteiger partial charge in [0, 0.05) is 12.3 Å². The molecule has 11 heavy (non-hydrogen) atoms. The fourth-order valence-corrected chi connectivity index (χ4v) is 0.616. The van der Waals surface area contributed by atoms with E-state index in [4.69, 9.17) is 17.6 Å². The van der Waals surface area contributed by atoms with Crippen LogP contribution in [0.15, 0.2) is 0 Å². The van der Waals surface area contributed by atoms with E-state index in [1.807, 2.05) is 0 Å². The van der Waals surface area contributed by atoms with Gasteiger partial charge in [-0.25, -0.2) is 0 Å². The highest BCUT2D eigenvalue weighted by atomic mass is 16.3. The summed E-state index contributed by atoms with van der Waals surface area (Å²) in [5.41, 5.74) is 0. The highest BCUT2D eigenvalue weighted by molar-refractivity contribution is 4.87. The summed E-state index contributed by atoms with van der Waals surface area (Å²) in [4.78, 5) is 0. The van der Waals surface area contributed by atoms with Crippen LogP contribution in [0.4, 0.5) is 0 Å². The van der Waals surface area contributed by atoms with Gasteiger partial charge in [-0.05, 0) is 18.2 Å². The number of aliphatic hydroxyl groups excluding tert-OH is 1. The molecule has 0 radical (unpaired) electrons. The van der Waals surface area contributed by atoms with E-state index in [0.29, 0.717) is 0 Å². The minimum absolute atomic E-state index is 1.06. The number of rotatable bonds is 3. The molecule has 1 aliphatic rings. The van der Waals surface area contributed by atoms with Crippen LogP contribution in [-0.2, 0) is 0 Å². The average molecular weight is 162 g/mol. The zero-order valence-electron chi connectivity index (χ0n) is 15.0. The smallest absolute Gasteiger partial charge is 0.143 e. The summed E-state index contributed by atoms with van der Waals surface area (Å²) in [7, 11) is 0. The molecule has 0 amide bonds. The van der Waals surface area contributed by atoms with Crippen LogP contribution >= 0.6 is 0 Å². The van der Waals surface area contributed by atoms with Crippen molar-refractivity contribution in [3.05, 3.63) is 0 Å². The lowest BCUT2D eigenvalue weighted by atomic mass is 9.78. The average Bonchev–Trinajstić information content (AvgIpc) is 2.33. The van der Waals surface area contributed by atoms with Crippen molar-refractivity contribution in [3.8, 4) is 6.07 Å². The van der Waals surface area contributed by atoms with Gasteiger partial charge in [0.25, 0.3) is 0 Å². The Morgan fingerprint density at radius 2 is 2.64 bits per heavy atom. The summed E-state index contributed by atoms with van der Waals surface area (Å²) < 4.78 is 68.8. The van der Waals surface area contributed by atoms with Crippen LogP contribution in [0.25, 0.3) is 0 Å². The number of hydrogen-bond acceptors (Lipinski definition) is 2. The first kappa shape index (κ1) is 2.47. The van der Waals surface area contributed by atoms with Gasteiger partial charge in [0.05, 0.1) is 6.07 Å². The van der Waals surface area contributed by atoms with Gasteiger partial charge >= 0.3 is 0 Å². The molecule has 0 aromatic heterocycles. The molecule has 0 aliphatic heterocycles. The first-order valence-electron chi connectivity index (χ1n) is 7.72. The molecule has 1 fully saturated rings. The zero-order valence-corrected chi connectivity index (χ0v) is 6.05. The molecule has 1 saturated carbocycles. The molecular formula is C9H15NO. The summed E-state index contributed by atoms with van der Waals surface area (Å²) in [5, 5.41) is 18.0. The van der Waals surface area contributed by atoms with Crippen LogP contribution in [0.2, 0.25) is 0 Å². The molecule has 1 aliphatic carbocycles. The van der Waals surface area contributed by atoms with Crippen LogP contribution in [0.3, 0.4) is 0 Å². The van der Waals surface area contributed by atoms with Gasteiger partial charge < -0.3 is 5.11 Å². The molecule has 1 rings (SSSR count). The quantitative estimate of drug-likeness (QED) is 0.642. The van der Waals surface area contributed by atoms with Crippen molar-refractivity contribution in [1.82, 2.24) is 0 Å². The van der Waals surface area contributed by atoms with Gasteiger partial charge in [0.15, 0.2) is 0 Å². The highest BCUT2D eigenvalue weighted by Gasteiger charge is 2.23. The summed E-state index contributed by atoms with van der Waals surface area (Å²) in [5.74, 6) is -4.65. The van der Waals surface area contributed by atoms with Crippen LogP contribution in [-0.4, -0.2) is 11.2 Å². The van der Waals surface area contributed by atoms with E-state index >= 15 is 0 Å². The lowest BCUT2D eigenvalue weighted by Gasteiger charge is -2.28. The molecule has 2 heteroatoms. The Balaban J connectivity index is 3.41. The maximum Gasteiger partial charge on any atom is 0.143 e. The molecule has 1 N–H and O–H groups in total. The second-order valence-electron chi connectivity index (χ2n) is 2.26. The first-order valence-corrected chi connectivity index (χ1v) is 3.22. The second kappa shape index (κ2) is 3.73. The van der Waals surface area contributed by atoms with Gasteiger partial charge in [-0.2, -0.15) is 5.26 Å². The second-order valence-corrected chi connectivity index (χ2v) is 2.26. The fraction of sp³-hybridized carbons (Fsp3) is 0.889. The van der Waals surface area contributed by atoms with Crippen molar-refractivity contribution in [3.63, 3.8) is 0 Å². The summed E-state index contributed by atoms with van der Waals surface area (Å²) >= 11 is 0. The molecule has 0 spiro atoms. The number of aliphatic hydroxyl groups is 1. The van der Waals surface area contributed by atoms with Crippen molar-refractivity contribution in [2.75, 3.05) is 0 Å².